The molecular formula is C12H11BrN2O. The van der Waals surface area contributed by atoms with Crippen molar-refractivity contribution in [2.75, 3.05) is 0 Å². The van der Waals surface area contributed by atoms with Crippen molar-refractivity contribution in [1.29, 1.82) is 0 Å². The average Bonchev–Trinajstić information content (AvgIpc) is 2.66. The summed E-state index contributed by atoms with van der Waals surface area (Å²) in [5.41, 5.74) is 1.92. The average molecular weight is 279 g/mol. The van der Waals surface area contributed by atoms with Gasteiger partial charge in [-0.15, -0.1) is 0 Å². The van der Waals surface area contributed by atoms with Crippen molar-refractivity contribution in [3.05, 3.63) is 47.0 Å². The summed E-state index contributed by atoms with van der Waals surface area (Å²) in [4.78, 5) is 15.2. The lowest BCUT2D eigenvalue weighted by Crippen LogP contribution is -2.03. The predicted octanol–water partition coefficient (Wildman–Crippen LogP) is 2.77. The van der Waals surface area contributed by atoms with Gasteiger partial charge < -0.3 is 4.57 Å². The van der Waals surface area contributed by atoms with Crippen LogP contribution in [0.1, 0.15) is 12.6 Å². The first-order chi connectivity index (χ1) is 7.66. The Morgan fingerprint density at radius 2 is 2.06 bits per heavy atom. The fourth-order valence-electron chi connectivity index (χ4n) is 1.54. The van der Waals surface area contributed by atoms with Gasteiger partial charge in [0, 0.05) is 28.5 Å². The highest BCUT2D eigenvalue weighted by Crippen LogP contribution is 2.16. The summed E-state index contributed by atoms with van der Waals surface area (Å²) in [5, 5.41) is 0. The van der Waals surface area contributed by atoms with E-state index < -0.39 is 0 Å². The first-order valence-electron chi connectivity index (χ1n) is 4.93. The van der Waals surface area contributed by atoms with Gasteiger partial charge in [0.15, 0.2) is 0 Å². The van der Waals surface area contributed by atoms with Crippen LogP contribution in [-0.2, 0) is 11.2 Å². The van der Waals surface area contributed by atoms with Gasteiger partial charge in [-0.1, -0.05) is 15.9 Å². The Morgan fingerprint density at radius 3 is 2.69 bits per heavy atom. The number of Topliss-reactive ketones (excluding diaryl/α,β-unsaturated/α-hetero) is 1. The Kier molecular flexibility index (Phi) is 3.19. The fraction of sp³-hybridized carbons (Fsp3) is 0.167. The topological polar surface area (TPSA) is 34.9 Å². The zero-order valence-corrected chi connectivity index (χ0v) is 10.4. The minimum absolute atomic E-state index is 0.138. The molecule has 0 spiro atoms. The van der Waals surface area contributed by atoms with Gasteiger partial charge in [-0.25, -0.2) is 4.98 Å². The number of imidazole rings is 1. The third kappa shape index (κ3) is 2.39. The molecule has 4 heteroatoms. The van der Waals surface area contributed by atoms with Crippen molar-refractivity contribution in [2.24, 2.45) is 0 Å². The van der Waals surface area contributed by atoms with E-state index in [2.05, 4.69) is 20.9 Å². The summed E-state index contributed by atoms with van der Waals surface area (Å²) in [6.45, 7) is 1.58. The lowest BCUT2D eigenvalue weighted by molar-refractivity contribution is -0.116. The molecule has 0 aliphatic heterocycles. The van der Waals surface area contributed by atoms with Crippen molar-refractivity contribution in [3.63, 3.8) is 0 Å². The normalized spacial score (nSPS) is 10.4. The molecule has 1 aromatic heterocycles. The lowest BCUT2D eigenvalue weighted by Gasteiger charge is -2.06. The maximum Gasteiger partial charge on any atom is 0.135 e. The van der Waals surface area contributed by atoms with Crippen LogP contribution in [0.3, 0.4) is 0 Å². The Balaban J connectivity index is 2.36. The van der Waals surface area contributed by atoms with Crippen LogP contribution in [0, 0.1) is 0 Å². The zero-order valence-electron chi connectivity index (χ0n) is 8.85. The molecule has 0 saturated heterocycles. The van der Waals surface area contributed by atoms with E-state index >= 15 is 0 Å². The zero-order chi connectivity index (χ0) is 11.5. The van der Waals surface area contributed by atoms with Gasteiger partial charge in [0.25, 0.3) is 0 Å². The number of aromatic nitrogens is 2. The van der Waals surface area contributed by atoms with Crippen LogP contribution in [-0.4, -0.2) is 15.3 Å². The Hall–Kier alpha value is -1.42. The molecule has 0 radical (unpaired) electrons. The van der Waals surface area contributed by atoms with E-state index in [1.807, 2.05) is 28.8 Å². The van der Waals surface area contributed by atoms with Crippen LogP contribution in [0.4, 0.5) is 0 Å². The number of ketones is 1. The molecule has 0 aliphatic carbocycles. The minimum Gasteiger partial charge on any atom is -0.303 e. The summed E-state index contributed by atoms with van der Waals surface area (Å²) in [6.07, 6.45) is 3.86. The first kappa shape index (κ1) is 11.1. The van der Waals surface area contributed by atoms with E-state index in [1.165, 1.54) is 0 Å². The smallest absolute Gasteiger partial charge is 0.135 e. The van der Waals surface area contributed by atoms with Crippen molar-refractivity contribution in [3.8, 4) is 5.69 Å². The third-order valence-electron chi connectivity index (χ3n) is 2.25. The molecule has 0 amide bonds. The second kappa shape index (κ2) is 4.61. The van der Waals surface area contributed by atoms with Crippen LogP contribution < -0.4 is 0 Å². The van der Waals surface area contributed by atoms with E-state index in [4.69, 9.17) is 0 Å². The monoisotopic (exact) mass is 278 g/mol. The summed E-state index contributed by atoms with van der Waals surface area (Å²) in [6, 6.07) is 7.89. The summed E-state index contributed by atoms with van der Waals surface area (Å²) in [5.74, 6) is 0.138. The highest BCUT2D eigenvalue weighted by Gasteiger charge is 2.06. The summed E-state index contributed by atoms with van der Waals surface area (Å²) < 4.78 is 2.96. The highest BCUT2D eigenvalue weighted by atomic mass is 79.9. The standard InChI is InChI=1S/C12H11BrN2O/c1-9(16)6-12-7-14-8-15(12)11-4-2-10(13)3-5-11/h2-5,7-8H,6H2,1H3. The van der Waals surface area contributed by atoms with Crippen LogP contribution in [0.15, 0.2) is 41.3 Å². The summed E-state index contributed by atoms with van der Waals surface area (Å²) >= 11 is 3.39. The molecule has 2 rings (SSSR count). The third-order valence-corrected chi connectivity index (χ3v) is 2.78. The summed E-state index contributed by atoms with van der Waals surface area (Å²) in [7, 11) is 0. The van der Waals surface area contributed by atoms with E-state index in [9.17, 15) is 4.79 Å². The van der Waals surface area contributed by atoms with Crippen molar-refractivity contribution in [2.45, 2.75) is 13.3 Å². The quantitative estimate of drug-likeness (QED) is 0.866. The van der Waals surface area contributed by atoms with Gasteiger partial charge in [-0.05, 0) is 31.2 Å². The number of rotatable bonds is 3. The molecule has 16 heavy (non-hydrogen) atoms. The predicted molar refractivity (Wildman–Crippen MR) is 65.6 cm³/mol. The Morgan fingerprint density at radius 1 is 1.38 bits per heavy atom. The van der Waals surface area contributed by atoms with E-state index in [1.54, 1.807) is 19.4 Å². The van der Waals surface area contributed by atoms with Crippen LogP contribution in [0.25, 0.3) is 5.69 Å². The van der Waals surface area contributed by atoms with Crippen LogP contribution in [0.5, 0.6) is 0 Å². The number of nitrogens with zero attached hydrogens (tertiary/aromatic N) is 2. The van der Waals surface area contributed by atoms with E-state index in [0.717, 1.165) is 15.9 Å². The number of benzene rings is 1. The molecule has 0 fully saturated rings. The van der Waals surface area contributed by atoms with Crippen LogP contribution >= 0.6 is 15.9 Å². The molecule has 0 aliphatic rings. The molecule has 1 heterocycles. The Labute approximate surface area is 102 Å². The van der Waals surface area contributed by atoms with Crippen molar-refractivity contribution in [1.82, 2.24) is 9.55 Å². The largest absolute Gasteiger partial charge is 0.303 e. The maximum absolute atomic E-state index is 11.1. The van der Waals surface area contributed by atoms with Gasteiger partial charge in [0.05, 0.1) is 6.33 Å². The molecule has 0 saturated carbocycles. The molecule has 1 aromatic carbocycles. The number of carbonyl (C=O) groups excluding carboxylic acids is 1. The fourth-order valence-corrected chi connectivity index (χ4v) is 1.81. The van der Waals surface area contributed by atoms with Gasteiger partial charge >= 0.3 is 0 Å². The number of hydrogen-bond acceptors (Lipinski definition) is 2. The Bertz CT molecular complexity index is 502. The van der Waals surface area contributed by atoms with Gasteiger partial charge in [0.1, 0.15) is 5.78 Å². The van der Waals surface area contributed by atoms with Gasteiger partial charge in [0.2, 0.25) is 0 Å². The van der Waals surface area contributed by atoms with Crippen molar-refractivity contribution >= 4 is 21.7 Å². The molecule has 0 N–H and O–H groups in total. The van der Waals surface area contributed by atoms with E-state index in [-0.39, 0.29) is 5.78 Å². The van der Waals surface area contributed by atoms with Gasteiger partial charge in [-0.3, -0.25) is 4.79 Å². The second-order valence-electron chi connectivity index (χ2n) is 3.61. The van der Waals surface area contributed by atoms with E-state index in [0.29, 0.717) is 6.42 Å². The maximum atomic E-state index is 11.1. The van der Waals surface area contributed by atoms with Gasteiger partial charge in [-0.2, -0.15) is 0 Å². The minimum atomic E-state index is 0.138. The van der Waals surface area contributed by atoms with Crippen molar-refractivity contribution < 1.29 is 4.79 Å². The number of hydrogen-bond donors (Lipinski definition) is 0. The highest BCUT2D eigenvalue weighted by molar-refractivity contribution is 9.10. The first-order valence-corrected chi connectivity index (χ1v) is 5.73. The number of carbonyl (C=O) groups is 1. The molecule has 3 nitrogen and oxygen atoms in total. The second-order valence-corrected chi connectivity index (χ2v) is 4.53. The molecule has 2 aromatic rings. The van der Waals surface area contributed by atoms with Crippen LogP contribution in [0.2, 0.25) is 0 Å². The molecule has 82 valence electrons. The lowest BCUT2D eigenvalue weighted by atomic mass is 10.2. The molecule has 0 unspecified atom stereocenters. The molecule has 0 atom stereocenters. The number of halogens is 1. The molecular weight excluding hydrogens is 268 g/mol. The molecule has 0 bridgehead atoms. The SMILES string of the molecule is CC(=O)Cc1cncn1-c1ccc(Br)cc1.